The fourth-order valence-corrected chi connectivity index (χ4v) is 4.18. The predicted molar refractivity (Wildman–Crippen MR) is 126 cm³/mol. The van der Waals surface area contributed by atoms with Crippen molar-refractivity contribution in [3.05, 3.63) is 53.5 Å². The minimum Gasteiger partial charge on any atom is -0.377 e. The number of hydrogen-bond acceptors (Lipinski definition) is 6. The standard InChI is InChI=1S/C22H31N5O.2ClH/c1-28-15-22-25-20(17-11-18(23)12-17)13-21(26-22)24-19-7-9-27(10-8-19)14-16-5-3-2-4-6-16;;/h2-6,13,17-19H,7-12,14-15,23H2,1H3,(H,24,25,26);2*1H. The van der Waals surface area contributed by atoms with Gasteiger partial charge in [-0.1, -0.05) is 30.3 Å². The van der Waals surface area contributed by atoms with E-state index in [9.17, 15) is 0 Å². The third-order valence-electron chi connectivity index (χ3n) is 5.85. The van der Waals surface area contributed by atoms with Gasteiger partial charge < -0.3 is 15.8 Å². The van der Waals surface area contributed by atoms with Crippen LogP contribution in [0.5, 0.6) is 0 Å². The number of methoxy groups -OCH3 is 1. The first-order chi connectivity index (χ1) is 13.7. The minimum atomic E-state index is 0. The lowest BCUT2D eigenvalue weighted by atomic mass is 9.78. The molecule has 2 fully saturated rings. The molecule has 0 spiro atoms. The van der Waals surface area contributed by atoms with Gasteiger partial charge in [0.1, 0.15) is 12.4 Å². The molecular weight excluding hydrogens is 421 g/mol. The van der Waals surface area contributed by atoms with E-state index in [2.05, 4.69) is 51.6 Å². The van der Waals surface area contributed by atoms with Crippen LogP contribution in [0, 0.1) is 0 Å². The summed E-state index contributed by atoms with van der Waals surface area (Å²) in [6, 6.07) is 13.6. The molecule has 0 amide bonds. The molecule has 1 aliphatic heterocycles. The van der Waals surface area contributed by atoms with E-state index in [1.165, 1.54) is 5.56 Å². The lowest BCUT2D eigenvalue weighted by Gasteiger charge is -2.34. The van der Waals surface area contributed by atoms with Crippen LogP contribution in [-0.2, 0) is 17.9 Å². The summed E-state index contributed by atoms with van der Waals surface area (Å²) in [5.41, 5.74) is 8.46. The first-order valence-corrected chi connectivity index (χ1v) is 10.3. The first kappa shape index (κ1) is 24.8. The highest BCUT2D eigenvalue weighted by molar-refractivity contribution is 5.85. The van der Waals surface area contributed by atoms with Crippen LogP contribution in [0.15, 0.2) is 36.4 Å². The molecular formula is C22H33Cl2N5O. The molecule has 166 valence electrons. The van der Waals surface area contributed by atoms with Gasteiger partial charge in [0, 0.05) is 56.5 Å². The van der Waals surface area contributed by atoms with Crippen LogP contribution in [0.4, 0.5) is 5.82 Å². The SMILES string of the molecule is COCc1nc(NC2CCN(Cc3ccccc3)CC2)cc(C2CC(N)C2)n1.Cl.Cl. The van der Waals surface area contributed by atoms with Crippen molar-refractivity contribution >= 4 is 30.6 Å². The number of nitrogens with zero attached hydrogens (tertiary/aromatic N) is 3. The van der Waals surface area contributed by atoms with E-state index in [0.717, 1.165) is 62.7 Å². The highest BCUT2D eigenvalue weighted by Gasteiger charge is 2.29. The fourth-order valence-electron chi connectivity index (χ4n) is 4.18. The van der Waals surface area contributed by atoms with Gasteiger partial charge >= 0.3 is 0 Å². The second-order valence-corrected chi connectivity index (χ2v) is 8.14. The summed E-state index contributed by atoms with van der Waals surface area (Å²) in [7, 11) is 1.69. The topological polar surface area (TPSA) is 76.3 Å². The Morgan fingerprint density at radius 3 is 2.43 bits per heavy atom. The summed E-state index contributed by atoms with van der Waals surface area (Å²) in [5, 5.41) is 3.65. The normalized spacial score (nSPS) is 21.8. The second kappa shape index (κ2) is 11.8. The van der Waals surface area contributed by atoms with Gasteiger partial charge in [0.2, 0.25) is 0 Å². The van der Waals surface area contributed by atoms with Gasteiger partial charge in [0.05, 0.1) is 0 Å². The van der Waals surface area contributed by atoms with Gasteiger partial charge in [0.15, 0.2) is 5.82 Å². The number of piperidine rings is 1. The molecule has 1 aromatic heterocycles. The van der Waals surface area contributed by atoms with Gasteiger partial charge in [-0.3, -0.25) is 4.90 Å². The molecule has 1 saturated carbocycles. The number of ether oxygens (including phenoxy) is 1. The molecule has 4 rings (SSSR count). The van der Waals surface area contributed by atoms with Crippen LogP contribution in [0.3, 0.4) is 0 Å². The van der Waals surface area contributed by atoms with E-state index >= 15 is 0 Å². The number of anilines is 1. The highest BCUT2D eigenvalue weighted by atomic mass is 35.5. The molecule has 30 heavy (non-hydrogen) atoms. The van der Waals surface area contributed by atoms with Crippen molar-refractivity contribution in [1.29, 1.82) is 0 Å². The van der Waals surface area contributed by atoms with Crippen molar-refractivity contribution in [3.63, 3.8) is 0 Å². The Hall–Kier alpha value is -1.44. The van der Waals surface area contributed by atoms with Crippen LogP contribution in [0.25, 0.3) is 0 Å². The third-order valence-corrected chi connectivity index (χ3v) is 5.85. The maximum Gasteiger partial charge on any atom is 0.156 e. The summed E-state index contributed by atoms with van der Waals surface area (Å²) in [4.78, 5) is 11.9. The molecule has 2 aliphatic rings. The summed E-state index contributed by atoms with van der Waals surface area (Å²) in [6.07, 6.45) is 4.28. The Kier molecular flexibility index (Phi) is 9.78. The molecule has 8 heteroatoms. The van der Waals surface area contributed by atoms with E-state index in [0.29, 0.717) is 24.6 Å². The molecule has 1 aromatic carbocycles. The Bertz CT molecular complexity index is 765. The average molecular weight is 454 g/mol. The average Bonchev–Trinajstić information content (AvgIpc) is 2.68. The van der Waals surface area contributed by atoms with E-state index < -0.39 is 0 Å². The van der Waals surface area contributed by atoms with Crippen molar-refractivity contribution in [2.45, 2.75) is 56.8 Å². The molecule has 1 saturated heterocycles. The number of aromatic nitrogens is 2. The predicted octanol–water partition coefficient (Wildman–Crippen LogP) is 3.75. The Balaban J connectivity index is 0.00000160. The van der Waals surface area contributed by atoms with E-state index in [-0.39, 0.29) is 24.8 Å². The molecule has 0 radical (unpaired) electrons. The van der Waals surface area contributed by atoms with Crippen LogP contribution >= 0.6 is 24.8 Å². The molecule has 0 atom stereocenters. The number of hydrogen-bond donors (Lipinski definition) is 2. The number of likely N-dealkylation sites (tertiary alicyclic amines) is 1. The number of nitrogens with two attached hydrogens (primary N) is 1. The molecule has 3 N–H and O–H groups in total. The van der Waals surface area contributed by atoms with E-state index in [4.69, 9.17) is 15.5 Å². The number of benzene rings is 1. The second-order valence-electron chi connectivity index (χ2n) is 8.14. The molecule has 2 aromatic rings. The van der Waals surface area contributed by atoms with Crippen LogP contribution in [-0.4, -0.2) is 47.2 Å². The first-order valence-electron chi connectivity index (χ1n) is 10.3. The van der Waals surface area contributed by atoms with Crippen LogP contribution in [0.2, 0.25) is 0 Å². The Labute approximate surface area is 191 Å². The van der Waals surface area contributed by atoms with Gasteiger partial charge in [-0.2, -0.15) is 0 Å². The van der Waals surface area contributed by atoms with Gasteiger partial charge in [-0.15, -0.1) is 24.8 Å². The van der Waals surface area contributed by atoms with Crippen LogP contribution < -0.4 is 11.1 Å². The molecule has 6 nitrogen and oxygen atoms in total. The zero-order chi connectivity index (χ0) is 19.3. The zero-order valence-electron chi connectivity index (χ0n) is 17.5. The van der Waals surface area contributed by atoms with E-state index in [1.54, 1.807) is 7.11 Å². The largest absolute Gasteiger partial charge is 0.377 e. The molecule has 2 heterocycles. The lowest BCUT2D eigenvalue weighted by molar-refractivity contribution is 0.177. The summed E-state index contributed by atoms with van der Waals surface area (Å²) in [5.74, 6) is 2.14. The molecule has 0 unspecified atom stereocenters. The molecule has 1 aliphatic carbocycles. The maximum absolute atomic E-state index is 5.97. The van der Waals surface area contributed by atoms with Gasteiger partial charge in [-0.05, 0) is 31.2 Å². The Morgan fingerprint density at radius 1 is 1.10 bits per heavy atom. The fraction of sp³-hybridized carbons (Fsp3) is 0.545. The molecule has 0 bridgehead atoms. The Morgan fingerprint density at radius 2 is 1.80 bits per heavy atom. The minimum absolute atomic E-state index is 0. The zero-order valence-corrected chi connectivity index (χ0v) is 19.1. The summed E-state index contributed by atoms with van der Waals surface area (Å²) >= 11 is 0. The van der Waals surface area contributed by atoms with Crippen LogP contribution in [0.1, 0.15) is 48.7 Å². The van der Waals surface area contributed by atoms with Crippen molar-refractivity contribution in [2.24, 2.45) is 5.73 Å². The smallest absolute Gasteiger partial charge is 0.156 e. The van der Waals surface area contributed by atoms with Crippen molar-refractivity contribution in [1.82, 2.24) is 14.9 Å². The third kappa shape index (κ3) is 6.53. The van der Waals surface area contributed by atoms with Gasteiger partial charge in [-0.25, -0.2) is 9.97 Å². The lowest BCUT2D eigenvalue weighted by Crippen LogP contribution is -2.39. The van der Waals surface area contributed by atoms with Crippen molar-refractivity contribution < 1.29 is 4.74 Å². The van der Waals surface area contributed by atoms with E-state index in [1.807, 2.05) is 0 Å². The van der Waals surface area contributed by atoms with Crippen molar-refractivity contribution in [3.8, 4) is 0 Å². The maximum atomic E-state index is 5.97. The quantitative estimate of drug-likeness (QED) is 0.664. The number of rotatable bonds is 7. The van der Waals surface area contributed by atoms with Gasteiger partial charge in [0.25, 0.3) is 0 Å². The van der Waals surface area contributed by atoms with Crippen molar-refractivity contribution in [2.75, 3.05) is 25.5 Å². The summed E-state index contributed by atoms with van der Waals surface area (Å²) in [6.45, 7) is 3.68. The highest BCUT2D eigenvalue weighted by Crippen LogP contribution is 2.35. The number of nitrogens with one attached hydrogen (secondary N) is 1. The number of halogens is 2. The summed E-state index contributed by atoms with van der Waals surface area (Å²) < 4.78 is 5.27. The monoisotopic (exact) mass is 453 g/mol.